The van der Waals surface area contributed by atoms with Crippen molar-refractivity contribution in [3.63, 3.8) is 0 Å². The van der Waals surface area contributed by atoms with Crippen LogP contribution in [0, 0.1) is 5.82 Å². The van der Waals surface area contributed by atoms with Crippen LogP contribution in [0.1, 0.15) is 31.9 Å². The highest BCUT2D eigenvalue weighted by Gasteiger charge is 2.31. The maximum atomic E-state index is 15.5. The van der Waals surface area contributed by atoms with Crippen molar-refractivity contribution in [3.05, 3.63) is 71.5 Å². The molecule has 0 aliphatic carbocycles. The second kappa shape index (κ2) is 7.33. The quantitative estimate of drug-likeness (QED) is 0.404. The average molecular weight is 445 g/mol. The Labute approximate surface area is 190 Å². The van der Waals surface area contributed by atoms with Gasteiger partial charge in [-0.3, -0.25) is 9.47 Å². The van der Waals surface area contributed by atoms with Gasteiger partial charge in [-0.05, 0) is 55.7 Å². The van der Waals surface area contributed by atoms with E-state index < -0.39 is 23.5 Å². The number of rotatable bonds is 1. The number of amides is 2. The Bertz CT molecular complexity index is 1450. The Morgan fingerprint density at radius 1 is 0.970 bits per heavy atom. The van der Waals surface area contributed by atoms with Gasteiger partial charge in [-0.1, -0.05) is 36.4 Å². The maximum Gasteiger partial charge on any atom is 0.410 e. The first kappa shape index (κ1) is 21.0. The molecule has 0 radical (unpaired) electrons. The van der Waals surface area contributed by atoms with E-state index in [1.54, 1.807) is 17.0 Å². The van der Waals surface area contributed by atoms with Crippen LogP contribution in [0.3, 0.4) is 0 Å². The Hall–Kier alpha value is -3.87. The van der Waals surface area contributed by atoms with E-state index >= 15 is 4.39 Å². The summed E-state index contributed by atoms with van der Waals surface area (Å²) in [6.45, 7) is 6.17. The SMILES string of the molecule is CC(C)(C)OC(=O)N1Cc2cccc(-c3c(F)ccc4c3c3ccccc3n4C(N)=O)c2C1. The largest absolute Gasteiger partial charge is 0.444 e. The van der Waals surface area contributed by atoms with Crippen molar-refractivity contribution in [2.45, 2.75) is 39.5 Å². The van der Waals surface area contributed by atoms with Crippen LogP contribution in [0.5, 0.6) is 0 Å². The highest BCUT2D eigenvalue weighted by molar-refractivity contribution is 6.18. The Morgan fingerprint density at radius 2 is 1.73 bits per heavy atom. The third-order valence-corrected chi connectivity index (χ3v) is 5.91. The summed E-state index contributed by atoms with van der Waals surface area (Å²) in [5.74, 6) is -0.404. The maximum absolute atomic E-state index is 15.5. The van der Waals surface area contributed by atoms with Gasteiger partial charge in [0, 0.05) is 22.9 Å². The van der Waals surface area contributed by atoms with E-state index in [0.717, 1.165) is 16.5 Å². The second-order valence-corrected chi connectivity index (χ2v) is 9.29. The molecule has 2 amide bonds. The van der Waals surface area contributed by atoms with Gasteiger partial charge in [-0.15, -0.1) is 0 Å². The van der Waals surface area contributed by atoms with Gasteiger partial charge in [0.2, 0.25) is 0 Å². The minimum atomic E-state index is -0.631. The standard InChI is InChI=1S/C26H24FN3O3/c1-26(2,3)33-25(32)29-13-15-7-6-9-16(18(15)14-29)22-19(27)11-12-21-23(22)17-8-4-5-10-20(17)30(21)24(28)31/h4-12H,13-14H2,1-3H3,(H2,28,31). The number of primary amides is 1. The molecule has 33 heavy (non-hydrogen) atoms. The fourth-order valence-electron chi connectivity index (χ4n) is 4.65. The molecular formula is C26H24FN3O3. The highest BCUT2D eigenvalue weighted by Crippen LogP contribution is 2.42. The van der Waals surface area contributed by atoms with Crippen molar-refractivity contribution in [3.8, 4) is 11.1 Å². The van der Waals surface area contributed by atoms with Gasteiger partial charge >= 0.3 is 12.1 Å². The zero-order chi connectivity index (χ0) is 23.5. The van der Waals surface area contributed by atoms with Gasteiger partial charge in [-0.2, -0.15) is 0 Å². The first-order valence-corrected chi connectivity index (χ1v) is 10.8. The number of para-hydroxylation sites is 1. The molecule has 2 N–H and O–H groups in total. The van der Waals surface area contributed by atoms with E-state index in [9.17, 15) is 9.59 Å². The number of hydrogen-bond acceptors (Lipinski definition) is 3. The van der Waals surface area contributed by atoms with E-state index in [1.165, 1.54) is 10.6 Å². The van der Waals surface area contributed by atoms with E-state index in [1.807, 2.05) is 57.2 Å². The van der Waals surface area contributed by atoms with Crippen molar-refractivity contribution in [2.24, 2.45) is 5.73 Å². The molecule has 6 nitrogen and oxygen atoms in total. The van der Waals surface area contributed by atoms with Crippen LogP contribution in [0.25, 0.3) is 32.9 Å². The normalized spacial score (nSPS) is 13.5. The third kappa shape index (κ3) is 3.40. The smallest absolute Gasteiger partial charge is 0.410 e. The molecule has 0 saturated carbocycles. The fraction of sp³-hybridized carbons (Fsp3) is 0.231. The minimum absolute atomic E-state index is 0.310. The minimum Gasteiger partial charge on any atom is -0.444 e. The van der Waals surface area contributed by atoms with E-state index in [-0.39, 0.29) is 0 Å². The molecule has 3 aromatic carbocycles. The number of nitrogens with two attached hydrogens (primary N) is 1. The lowest BCUT2D eigenvalue weighted by molar-refractivity contribution is 0.0242. The third-order valence-electron chi connectivity index (χ3n) is 5.91. The molecule has 0 fully saturated rings. The van der Waals surface area contributed by atoms with Crippen molar-refractivity contribution in [1.29, 1.82) is 0 Å². The molecule has 0 unspecified atom stereocenters. The number of fused-ring (bicyclic) bond motifs is 4. The molecule has 4 aromatic rings. The van der Waals surface area contributed by atoms with Gasteiger partial charge in [0.25, 0.3) is 0 Å². The second-order valence-electron chi connectivity index (χ2n) is 9.29. The van der Waals surface area contributed by atoms with Crippen LogP contribution in [0.15, 0.2) is 54.6 Å². The van der Waals surface area contributed by atoms with Crippen molar-refractivity contribution in [1.82, 2.24) is 9.47 Å². The number of ether oxygens (including phenoxy) is 1. The molecule has 1 aromatic heterocycles. The number of aromatic nitrogens is 1. The summed E-state index contributed by atoms with van der Waals surface area (Å²) >= 11 is 0. The molecule has 1 aliphatic heterocycles. The van der Waals surface area contributed by atoms with Crippen LogP contribution in [-0.2, 0) is 17.8 Å². The Balaban J connectivity index is 1.72. The lowest BCUT2D eigenvalue weighted by Crippen LogP contribution is -2.33. The fourth-order valence-corrected chi connectivity index (χ4v) is 4.65. The van der Waals surface area contributed by atoms with E-state index in [0.29, 0.717) is 40.6 Å². The van der Waals surface area contributed by atoms with Gasteiger partial charge < -0.3 is 10.5 Å². The van der Waals surface area contributed by atoms with Gasteiger partial charge in [0.05, 0.1) is 17.6 Å². The first-order valence-electron chi connectivity index (χ1n) is 10.8. The van der Waals surface area contributed by atoms with Crippen LogP contribution in [0.2, 0.25) is 0 Å². The number of halogens is 1. The monoisotopic (exact) mass is 445 g/mol. The topological polar surface area (TPSA) is 77.6 Å². The molecule has 0 bridgehead atoms. The van der Waals surface area contributed by atoms with Crippen LogP contribution >= 0.6 is 0 Å². The first-order chi connectivity index (χ1) is 15.7. The zero-order valence-electron chi connectivity index (χ0n) is 18.7. The molecule has 2 heterocycles. The lowest BCUT2D eigenvalue weighted by Gasteiger charge is -2.24. The molecule has 0 saturated heterocycles. The van der Waals surface area contributed by atoms with E-state index in [4.69, 9.17) is 10.5 Å². The number of benzene rings is 3. The highest BCUT2D eigenvalue weighted by atomic mass is 19.1. The Kier molecular flexibility index (Phi) is 4.67. The summed E-state index contributed by atoms with van der Waals surface area (Å²) in [4.78, 5) is 26.6. The van der Waals surface area contributed by atoms with Crippen molar-refractivity contribution in [2.75, 3.05) is 0 Å². The number of nitrogens with zero attached hydrogens (tertiary/aromatic N) is 2. The summed E-state index contributed by atoms with van der Waals surface area (Å²) in [6, 6.07) is 15.3. The summed E-state index contributed by atoms with van der Waals surface area (Å²) in [5.41, 5.74) is 9.12. The van der Waals surface area contributed by atoms with Crippen LogP contribution in [-0.4, -0.2) is 27.2 Å². The van der Waals surface area contributed by atoms with Gasteiger partial charge in [0.15, 0.2) is 0 Å². The molecule has 5 rings (SSSR count). The zero-order valence-corrected chi connectivity index (χ0v) is 18.7. The van der Waals surface area contributed by atoms with Crippen LogP contribution < -0.4 is 5.73 Å². The molecule has 7 heteroatoms. The van der Waals surface area contributed by atoms with Gasteiger partial charge in [-0.25, -0.2) is 14.0 Å². The van der Waals surface area contributed by atoms with Crippen molar-refractivity contribution < 1.29 is 18.7 Å². The summed E-state index contributed by atoms with van der Waals surface area (Å²) in [7, 11) is 0. The summed E-state index contributed by atoms with van der Waals surface area (Å²) in [5, 5.41) is 1.36. The Morgan fingerprint density at radius 3 is 2.45 bits per heavy atom. The lowest BCUT2D eigenvalue weighted by atomic mass is 9.93. The number of hydrogen-bond donors (Lipinski definition) is 1. The molecule has 1 aliphatic rings. The molecular weight excluding hydrogens is 421 g/mol. The molecule has 0 spiro atoms. The predicted molar refractivity (Wildman–Crippen MR) is 125 cm³/mol. The molecule has 0 atom stereocenters. The summed E-state index contributed by atoms with van der Waals surface area (Å²) < 4.78 is 22.4. The molecule has 168 valence electrons. The van der Waals surface area contributed by atoms with Crippen molar-refractivity contribution >= 4 is 33.9 Å². The number of carbonyl (C=O) groups excluding carboxylic acids is 2. The average Bonchev–Trinajstić information content (AvgIpc) is 3.32. The van der Waals surface area contributed by atoms with E-state index in [2.05, 4.69) is 0 Å². The summed E-state index contributed by atoms with van der Waals surface area (Å²) in [6.07, 6.45) is -0.409. The van der Waals surface area contributed by atoms with Crippen LogP contribution in [0.4, 0.5) is 14.0 Å². The predicted octanol–water partition coefficient (Wildman–Crippen LogP) is 5.78. The van der Waals surface area contributed by atoms with Gasteiger partial charge in [0.1, 0.15) is 11.4 Å². The number of carbonyl (C=O) groups is 2.